The smallest absolute Gasteiger partial charge is 0.258 e. The van der Waals surface area contributed by atoms with Crippen LogP contribution >= 0.6 is 11.6 Å². The minimum absolute atomic E-state index is 0.0669. The number of carbonyl (C=O) groups is 2. The summed E-state index contributed by atoms with van der Waals surface area (Å²) in [6.45, 7) is 1.09. The summed E-state index contributed by atoms with van der Waals surface area (Å²) in [5.41, 5.74) is 1.37. The second-order valence-corrected chi connectivity index (χ2v) is 12.0. The molecule has 2 aromatic rings. The van der Waals surface area contributed by atoms with Gasteiger partial charge in [0.15, 0.2) is 6.61 Å². The van der Waals surface area contributed by atoms with Crippen LogP contribution in [0, 0.1) is 23.7 Å². The van der Waals surface area contributed by atoms with Crippen LogP contribution < -0.4 is 10.1 Å². The Hall–Kier alpha value is -2.64. The van der Waals surface area contributed by atoms with E-state index in [9.17, 15) is 14.7 Å². The summed E-state index contributed by atoms with van der Waals surface area (Å²) >= 11 is 6.57. The Balaban J connectivity index is 1.02. The van der Waals surface area contributed by atoms with E-state index < -0.39 is 5.60 Å². The van der Waals surface area contributed by atoms with Crippen molar-refractivity contribution in [2.24, 2.45) is 23.7 Å². The number of nitrogens with one attached hydrogen (secondary N) is 1. The van der Waals surface area contributed by atoms with Gasteiger partial charge >= 0.3 is 0 Å². The fourth-order valence-electron chi connectivity index (χ4n) is 7.66. The Morgan fingerprint density at radius 1 is 1.22 bits per heavy atom. The van der Waals surface area contributed by atoms with Crippen LogP contribution in [-0.4, -0.2) is 51.6 Å². The molecule has 37 heavy (non-hydrogen) atoms. The Bertz CT molecular complexity index is 1160. The molecule has 0 spiro atoms. The molecule has 4 aliphatic carbocycles. The van der Waals surface area contributed by atoms with Crippen LogP contribution in [-0.2, 0) is 22.6 Å². The van der Waals surface area contributed by atoms with Gasteiger partial charge in [-0.1, -0.05) is 23.7 Å². The van der Waals surface area contributed by atoms with E-state index in [0.717, 1.165) is 56.2 Å². The van der Waals surface area contributed by atoms with Gasteiger partial charge in [-0.05, 0) is 92.0 Å². The van der Waals surface area contributed by atoms with Gasteiger partial charge in [0.1, 0.15) is 5.75 Å². The predicted molar refractivity (Wildman–Crippen MR) is 139 cm³/mol. The molecule has 1 aromatic heterocycles. The maximum Gasteiger partial charge on any atom is 0.258 e. The standard InChI is InChI=1S/C29H34ClN3O4/c30-25-11-24(37-17-26(34)32-16-18-2-1-6-31-15-18)4-3-20(25)10-21-5-7-33(28(21)35)27-22-8-19-9-23(27)14-29(36,12-19)13-22/h1-4,6,11,15,19,21-23,27,36H,5,7-10,12-14,16-17H2,(H,32,34). The summed E-state index contributed by atoms with van der Waals surface area (Å²) in [4.78, 5) is 31.8. The zero-order valence-electron chi connectivity index (χ0n) is 20.9. The number of ether oxygens (including phenoxy) is 1. The maximum atomic E-state index is 13.5. The molecule has 3 atom stereocenters. The average Bonchev–Trinajstić information content (AvgIpc) is 3.22. The molecular formula is C29H34ClN3O4. The summed E-state index contributed by atoms with van der Waals surface area (Å²) in [6, 6.07) is 9.46. The largest absolute Gasteiger partial charge is 0.484 e. The Labute approximate surface area is 222 Å². The molecule has 1 aromatic carbocycles. The maximum absolute atomic E-state index is 13.5. The van der Waals surface area contributed by atoms with Gasteiger partial charge in [0.25, 0.3) is 5.91 Å². The molecule has 8 heteroatoms. The van der Waals surface area contributed by atoms with Crippen molar-refractivity contribution in [3.05, 3.63) is 58.9 Å². The van der Waals surface area contributed by atoms with Crippen molar-refractivity contribution in [3.63, 3.8) is 0 Å². The third-order valence-corrected chi connectivity index (χ3v) is 9.33. The van der Waals surface area contributed by atoms with Crippen LogP contribution in [0.2, 0.25) is 5.02 Å². The number of hydrogen-bond donors (Lipinski definition) is 2. The number of halogens is 1. The minimum atomic E-state index is -0.480. The number of carbonyl (C=O) groups excluding carboxylic acids is 2. The number of amides is 2. The lowest BCUT2D eigenvalue weighted by molar-refractivity contribution is -0.168. The zero-order chi connectivity index (χ0) is 25.6. The molecule has 2 N–H and O–H groups in total. The van der Waals surface area contributed by atoms with Crippen LogP contribution in [0.3, 0.4) is 0 Å². The van der Waals surface area contributed by atoms with Crippen LogP contribution in [0.5, 0.6) is 5.75 Å². The van der Waals surface area contributed by atoms with E-state index in [1.807, 2.05) is 24.3 Å². The summed E-state index contributed by atoms with van der Waals surface area (Å²) in [6.07, 6.45) is 9.83. The molecule has 2 amide bonds. The number of aromatic nitrogens is 1. The first kappa shape index (κ1) is 24.7. The molecule has 5 fully saturated rings. The lowest BCUT2D eigenvalue weighted by atomic mass is 9.52. The van der Waals surface area contributed by atoms with Gasteiger partial charge in [-0.15, -0.1) is 0 Å². The number of pyridine rings is 1. The predicted octanol–water partition coefficient (Wildman–Crippen LogP) is 3.76. The zero-order valence-corrected chi connectivity index (χ0v) is 21.7. The first-order chi connectivity index (χ1) is 17.9. The summed E-state index contributed by atoms with van der Waals surface area (Å²) in [5.74, 6) is 2.00. The first-order valence-electron chi connectivity index (χ1n) is 13.5. The summed E-state index contributed by atoms with van der Waals surface area (Å²) in [5, 5.41) is 14.3. The van der Waals surface area contributed by atoms with E-state index in [4.69, 9.17) is 16.3 Å². The van der Waals surface area contributed by atoms with Crippen molar-refractivity contribution in [1.29, 1.82) is 0 Å². The quantitative estimate of drug-likeness (QED) is 0.549. The normalized spacial score (nSPS) is 32.1. The van der Waals surface area contributed by atoms with Crippen molar-refractivity contribution in [1.82, 2.24) is 15.2 Å². The highest BCUT2D eigenvalue weighted by molar-refractivity contribution is 6.31. The number of rotatable bonds is 8. The van der Waals surface area contributed by atoms with Gasteiger partial charge in [-0.3, -0.25) is 14.6 Å². The molecule has 1 aliphatic heterocycles. The SMILES string of the molecule is O=C(COc1ccc(CC2CCN(C3C4CC5CC3CC(O)(C5)C4)C2=O)c(Cl)c1)NCc1cccnc1. The van der Waals surface area contributed by atoms with Crippen molar-refractivity contribution in [2.45, 2.75) is 63.1 Å². The van der Waals surface area contributed by atoms with E-state index in [1.165, 1.54) is 0 Å². The van der Waals surface area contributed by atoms with Crippen LogP contribution in [0.1, 0.15) is 49.7 Å². The lowest BCUT2D eigenvalue weighted by Crippen LogP contribution is -2.62. The topological polar surface area (TPSA) is 91.8 Å². The van der Waals surface area contributed by atoms with Crippen molar-refractivity contribution in [3.8, 4) is 5.75 Å². The van der Waals surface area contributed by atoms with Crippen molar-refractivity contribution in [2.75, 3.05) is 13.2 Å². The highest BCUT2D eigenvalue weighted by atomic mass is 35.5. The highest BCUT2D eigenvalue weighted by Crippen LogP contribution is 2.57. The molecule has 0 radical (unpaired) electrons. The second-order valence-electron chi connectivity index (χ2n) is 11.6. The molecule has 7 nitrogen and oxygen atoms in total. The molecule has 3 unspecified atom stereocenters. The second kappa shape index (κ2) is 9.91. The summed E-state index contributed by atoms with van der Waals surface area (Å²) in [7, 11) is 0. The van der Waals surface area contributed by atoms with Crippen LogP contribution in [0.4, 0.5) is 0 Å². The Morgan fingerprint density at radius 2 is 2.03 bits per heavy atom. The fourth-order valence-corrected chi connectivity index (χ4v) is 7.91. The molecule has 1 saturated heterocycles. The van der Waals surface area contributed by atoms with E-state index in [0.29, 0.717) is 47.5 Å². The Morgan fingerprint density at radius 3 is 2.73 bits per heavy atom. The van der Waals surface area contributed by atoms with Gasteiger partial charge < -0.3 is 20.1 Å². The molecule has 196 valence electrons. The number of nitrogens with zero attached hydrogens (tertiary/aromatic N) is 2. The van der Waals surface area contributed by atoms with Crippen molar-refractivity contribution >= 4 is 23.4 Å². The van der Waals surface area contributed by atoms with E-state index in [1.54, 1.807) is 18.5 Å². The van der Waals surface area contributed by atoms with Crippen LogP contribution in [0.15, 0.2) is 42.7 Å². The monoisotopic (exact) mass is 523 g/mol. The molecule has 7 rings (SSSR count). The van der Waals surface area contributed by atoms with Gasteiger partial charge in [0, 0.05) is 42.5 Å². The lowest BCUT2D eigenvalue weighted by Gasteiger charge is -2.59. The van der Waals surface area contributed by atoms with Crippen LogP contribution in [0.25, 0.3) is 0 Å². The molecule has 2 heterocycles. The molecular weight excluding hydrogens is 490 g/mol. The van der Waals surface area contributed by atoms with Crippen molar-refractivity contribution < 1.29 is 19.4 Å². The molecule has 5 aliphatic rings. The number of benzene rings is 1. The molecule has 4 bridgehead atoms. The number of hydrogen-bond acceptors (Lipinski definition) is 5. The number of likely N-dealkylation sites (tertiary alicyclic amines) is 1. The van der Waals surface area contributed by atoms with Gasteiger partial charge in [0.2, 0.25) is 5.91 Å². The minimum Gasteiger partial charge on any atom is -0.484 e. The fraction of sp³-hybridized carbons (Fsp3) is 0.552. The van der Waals surface area contributed by atoms with E-state index in [-0.39, 0.29) is 24.3 Å². The van der Waals surface area contributed by atoms with Gasteiger partial charge in [-0.25, -0.2) is 0 Å². The van der Waals surface area contributed by atoms with E-state index >= 15 is 0 Å². The third kappa shape index (κ3) is 5.08. The number of aliphatic hydroxyl groups is 1. The van der Waals surface area contributed by atoms with Gasteiger partial charge in [-0.2, -0.15) is 0 Å². The highest BCUT2D eigenvalue weighted by Gasteiger charge is 2.57. The van der Waals surface area contributed by atoms with E-state index in [2.05, 4.69) is 15.2 Å². The third-order valence-electron chi connectivity index (χ3n) is 8.97. The molecule has 4 saturated carbocycles. The average molecular weight is 524 g/mol. The van der Waals surface area contributed by atoms with Gasteiger partial charge in [0.05, 0.1) is 5.60 Å². The summed E-state index contributed by atoms with van der Waals surface area (Å²) < 4.78 is 5.63. The Kier molecular flexibility index (Phi) is 6.61. The first-order valence-corrected chi connectivity index (χ1v) is 13.8.